The van der Waals surface area contributed by atoms with Crippen LogP contribution in [0.2, 0.25) is 5.02 Å². The fraction of sp³-hybridized carbons (Fsp3) is 0.400. The summed E-state index contributed by atoms with van der Waals surface area (Å²) in [4.78, 5) is 23.6. The minimum Gasteiger partial charge on any atom is -0.356 e. The number of aromatic nitrogens is 4. The topological polar surface area (TPSA) is 75.4 Å². The van der Waals surface area contributed by atoms with Crippen LogP contribution in [0.15, 0.2) is 30.6 Å². The minimum atomic E-state index is 0.00761. The fourth-order valence-electron chi connectivity index (χ4n) is 3.71. The number of benzene rings is 1. The molecule has 8 heteroatoms. The van der Waals surface area contributed by atoms with Crippen molar-refractivity contribution in [1.82, 2.24) is 24.9 Å². The molecule has 1 amide bonds. The van der Waals surface area contributed by atoms with Crippen LogP contribution in [0.5, 0.6) is 0 Å². The molecule has 1 N–H and O–H groups in total. The molecule has 0 saturated carbocycles. The van der Waals surface area contributed by atoms with Gasteiger partial charge in [0.1, 0.15) is 12.1 Å². The van der Waals surface area contributed by atoms with E-state index in [0.29, 0.717) is 17.3 Å². The number of rotatable bonds is 4. The highest BCUT2D eigenvalue weighted by Crippen LogP contribution is 2.27. The Kier molecular flexibility index (Phi) is 5.17. The molecule has 0 spiro atoms. The van der Waals surface area contributed by atoms with Crippen LogP contribution in [-0.2, 0) is 11.3 Å². The van der Waals surface area contributed by atoms with Crippen LogP contribution in [0.3, 0.4) is 0 Å². The van der Waals surface area contributed by atoms with E-state index in [1.165, 1.54) is 6.33 Å². The summed E-state index contributed by atoms with van der Waals surface area (Å²) >= 11 is 6.17. The van der Waals surface area contributed by atoms with Gasteiger partial charge in [0.25, 0.3) is 5.78 Å². The maximum atomic E-state index is 12.6. The van der Waals surface area contributed by atoms with Gasteiger partial charge in [0.15, 0.2) is 0 Å². The molecule has 2 aromatic heterocycles. The molecule has 0 unspecified atom stereocenters. The summed E-state index contributed by atoms with van der Waals surface area (Å²) in [5.74, 6) is 1.73. The van der Waals surface area contributed by atoms with Crippen LogP contribution >= 0.6 is 11.6 Å². The van der Waals surface area contributed by atoms with Crippen LogP contribution in [0, 0.1) is 19.8 Å². The lowest BCUT2D eigenvalue weighted by molar-refractivity contribution is -0.125. The van der Waals surface area contributed by atoms with Crippen LogP contribution in [0.4, 0.5) is 5.82 Å². The molecule has 28 heavy (non-hydrogen) atoms. The van der Waals surface area contributed by atoms with Crippen molar-refractivity contribution in [2.75, 3.05) is 18.0 Å². The molecule has 4 rings (SSSR count). The Balaban J connectivity index is 1.41. The molecule has 3 aromatic rings. The minimum absolute atomic E-state index is 0.00761. The van der Waals surface area contributed by atoms with Crippen LogP contribution in [-0.4, -0.2) is 38.6 Å². The smallest absolute Gasteiger partial charge is 0.254 e. The molecule has 1 aromatic carbocycles. The third-order valence-electron chi connectivity index (χ3n) is 5.45. The van der Waals surface area contributed by atoms with E-state index in [1.807, 2.05) is 31.2 Å². The van der Waals surface area contributed by atoms with E-state index in [4.69, 9.17) is 11.6 Å². The number of carbonyl (C=O) groups is 1. The Labute approximate surface area is 168 Å². The van der Waals surface area contributed by atoms with Gasteiger partial charge in [0.2, 0.25) is 5.91 Å². The second kappa shape index (κ2) is 7.75. The first kappa shape index (κ1) is 18.7. The summed E-state index contributed by atoms with van der Waals surface area (Å²) in [7, 11) is 0. The third kappa shape index (κ3) is 3.54. The maximum absolute atomic E-state index is 12.6. The summed E-state index contributed by atoms with van der Waals surface area (Å²) in [6.07, 6.45) is 3.12. The van der Waals surface area contributed by atoms with Gasteiger partial charge >= 0.3 is 0 Å². The van der Waals surface area contributed by atoms with Gasteiger partial charge in [-0.15, -0.1) is 0 Å². The average molecular weight is 399 g/mol. The summed E-state index contributed by atoms with van der Waals surface area (Å²) in [6.45, 7) is 6.09. The van der Waals surface area contributed by atoms with Gasteiger partial charge in [-0.25, -0.2) is 4.98 Å². The Morgan fingerprint density at radius 1 is 1.25 bits per heavy atom. The molecule has 1 fully saturated rings. The van der Waals surface area contributed by atoms with Crippen molar-refractivity contribution in [3.63, 3.8) is 0 Å². The van der Waals surface area contributed by atoms with Crippen LogP contribution in [0.25, 0.3) is 5.78 Å². The number of anilines is 1. The van der Waals surface area contributed by atoms with Crippen molar-refractivity contribution in [2.45, 2.75) is 33.2 Å². The summed E-state index contributed by atoms with van der Waals surface area (Å²) in [6, 6.07) is 7.59. The molecular weight excluding hydrogens is 376 g/mol. The van der Waals surface area contributed by atoms with Gasteiger partial charge in [0, 0.05) is 41.8 Å². The number of nitrogens with zero attached hydrogens (tertiary/aromatic N) is 5. The SMILES string of the molecule is Cc1nc2ncnn2c(N2CCC(C(=O)NCc3ccccc3Cl)CC2)c1C. The Morgan fingerprint density at radius 2 is 2.00 bits per heavy atom. The second-order valence-electron chi connectivity index (χ2n) is 7.19. The van der Waals surface area contributed by atoms with E-state index in [2.05, 4.69) is 32.2 Å². The quantitative estimate of drug-likeness (QED) is 0.731. The van der Waals surface area contributed by atoms with Gasteiger partial charge in [-0.1, -0.05) is 29.8 Å². The van der Waals surface area contributed by atoms with E-state index < -0.39 is 0 Å². The van der Waals surface area contributed by atoms with Gasteiger partial charge in [-0.3, -0.25) is 4.79 Å². The Hall–Kier alpha value is -2.67. The highest BCUT2D eigenvalue weighted by atomic mass is 35.5. The van der Waals surface area contributed by atoms with Crippen LogP contribution < -0.4 is 10.2 Å². The zero-order valence-electron chi connectivity index (χ0n) is 16.0. The highest BCUT2D eigenvalue weighted by molar-refractivity contribution is 6.31. The number of fused-ring (bicyclic) bond motifs is 1. The molecule has 0 bridgehead atoms. The summed E-state index contributed by atoms with van der Waals surface area (Å²) < 4.78 is 1.79. The lowest BCUT2D eigenvalue weighted by atomic mass is 9.95. The first-order valence-electron chi connectivity index (χ1n) is 9.47. The molecule has 3 heterocycles. The number of hydrogen-bond donors (Lipinski definition) is 1. The largest absolute Gasteiger partial charge is 0.356 e. The predicted molar refractivity (Wildman–Crippen MR) is 108 cm³/mol. The molecule has 0 aliphatic carbocycles. The molecule has 1 aliphatic heterocycles. The summed E-state index contributed by atoms with van der Waals surface area (Å²) in [5.41, 5.74) is 2.99. The lowest BCUT2D eigenvalue weighted by Gasteiger charge is -2.33. The monoisotopic (exact) mass is 398 g/mol. The van der Waals surface area contributed by atoms with Crippen molar-refractivity contribution in [3.05, 3.63) is 52.4 Å². The van der Waals surface area contributed by atoms with Gasteiger partial charge in [-0.05, 0) is 38.3 Å². The molecule has 7 nitrogen and oxygen atoms in total. The van der Waals surface area contributed by atoms with Gasteiger partial charge in [0.05, 0.1) is 0 Å². The maximum Gasteiger partial charge on any atom is 0.254 e. The van der Waals surface area contributed by atoms with E-state index in [1.54, 1.807) is 4.52 Å². The third-order valence-corrected chi connectivity index (χ3v) is 5.82. The summed E-state index contributed by atoms with van der Waals surface area (Å²) in [5, 5.41) is 8.04. The lowest BCUT2D eigenvalue weighted by Crippen LogP contribution is -2.41. The van der Waals surface area contributed by atoms with Crippen molar-refractivity contribution in [2.24, 2.45) is 5.92 Å². The average Bonchev–Trinajstić information content (AvgIpc) is 3.16. The number of hydrogen-bond acceptors (Lipinski definition) is 5. The van der Waals surface area contributed by atoms with Gasteiger partial charge < -0.3 is 10.2 Å². The molecule has 146 valence electrons. The van der Waals surface area contributed by atoms with E-state index in [9.17, 15) is 4.79 Å². The first-order valence-corrected chi connectivity index (χ1v) is 9.85. The zero-order valence-corrected chi connectivity index (χ0v) is 16.8. The van der Waals surface area contributed by atoms with Crippen molar-refractivity contribution in [1.29, 1.82) is 0 Å². The van der Waals surface area contributed by atoms with Crippen molar-refractivity contribution in [3.8, 4) is 0 Å². The number of amides is 1. The molecule has 1 aliphatic rings. The van der Waals surface area contributed by atoms with E-state index >= 15 is 0 Å². The number of piperidine rings is 1. The molecule has 0 radical (unpaired) electrons. The normalized spacial score (nSPS) is 15.2. The van der Waals surface area contributed by atoms with Gasteiger partial charge in [-0.2, -0.15) is 14.6 Å². The molecular formula is C20H23ClN6O. The van der Waals surface area contributed by atoms with E-state index in [-0.39, 0.29) is 11.8 Å². The van der Waals surface area contributed by atoms with Crippen molar-refractivity contribution >= 4 is 29.1 Å². The van der Waals surface area contributed by atoms with Crippen LogP contribution in [0.1, 0.15) is 29.7 Å². The highest BCUT2D eigenvalue weighted by Gasteiger charge is 2.27. The molecule has 1 saturated heterocycles. The molecule has 0 atom stereocenters. The first-order chi connectivity index (χ1) is 13.5. The van der Waals surface area contributed by atoms with Crippen molar-refractivity contribution < 1.29 is 4.79 Å². The Bertz CT molecular complexity index is 1010. The fourth-order valence-corrected chi connectivity index (χ4v) is 3.91. The predicted octanol–water partition coefficient (Wildman–Crippen LogP) is 2.93. The zero-order chi connectivity index (χ0) is 19.7. The van der Waals surface area contributed by atoms with E-state index in [0.717, 1.165) is 48.6 Å². The number of carbonyl (C=O) groups excluding carboxylic acids is 1. The number of halogens is 1. The Morgan fingerprint density at radius 3 is 2.75 bits per heavy atom. The number of nitrogens with one attached hydrogen (secondary N) is 1. The standard InChI is InChI=1S/C20H23ClN6O/c1-13-14(2)25-20-23-12-24-27(20)19(13)26-9-7-15(8-10-26)18(28)22-11-16-5-3-4-6-17(16)21/h3-6,12,15H,7-11H2,1-2H3,(H,22,28). The second-order valence-corrected chi connectivity index (χ2v) is 7.60. The number of aryl methyl sites for hydroxylation is 1.